The maximum atomic E-state index is 11.2. The number of hydrogen-bond acceptors (Lipinski definition) is 5. The van der Waals surface area contributed by atoms with Gasteiger partial charge < -0.3 is 15.7 Å². The average molecular weight is 278 g/mol. The SMILES string of the molecule is CC(C)c1ncc(NCC2CCC(=O)N2)c(C(=O)O)n1. The standard InChI is InChI=1S/C13H18N4O3/c1-7(2)12-15-6-9(11(17-12)13(19)20)14-5-8-3-4-10(18)16-8/h6-8,14H,3-5H2,1-2H3,(H,16,18)(H,19,20). The largest absolute Gasteiger partial charge is 0.476 e. The van der Waals surface area contributed by atoms with Crippen LogP contribution in [0.15, 0.2) is 6.20 Å². The fraction of sp³-hybridized carbons (Fsp3) is 0.538. The fourth-order valence-corrected chi connectivity index (χ4v) is 2.03. The van der Waals surface area contributed by atoms with Crippen molar-refractivity contribution < 1.29 is 14.7 Å². The van der Waals surface area contributed by atoms with Gasteiger partial charge >= 0.3 is 5.97 Å². The van der Waals surface area contributed by atoms with E-state index in [-0.39, 0.29) is 23.6 Å². The van der Waals surface area contributed by atoms with Crippen LogP contribution in [0.1, 0.15) is 48.9 Å². The number of carboxylic acids is 1. The van der Waals surface area contributed by atoms with Crippen molar-refractivity contribution in [1.82, 2.24) is 15.3 Å². The van der Waals surface area contributed by atoms with E-state index in [0.29, 0.717) is 24.5 Å². The van der Waals surface area contributed by atoms with E-state index in [1.54, 1.807) is 0 Å². The number of nitrogens with one attached hydrogen (secondary N) is 2. The Hall–Kier alpha value is -2.18. The van der Waals surface area contributed by atoms with Crippen LogP contribution < -0.4 is 10.6 Å². The van der Waals surface area contributed by atoms with Gasteiger partial charge in [-0.1, -0.05) is 13.8 Å². The maximum absolute atomic E-state index is 11.2. The van der Waals surface area contributed by atoms with E-state index < -0.39 is 5.97 Å². The number of amides is 1. The zero-order valence-electron chi connectivity index (χ0n) is 11.5. The van der Waals surface area contributed by atoms with Crippen LogP contribution in [0.2, 0.25) is 0 Å². The summed E-state index contributed by atoms with van der Waals surface area (Å²) in [5.41, 5.74) is 0.344. The van der Waals surface area contributed by atoms with Crippen LogP contribution in [0, 0.1) is 0 Å². The highest BCUT2D eigenvalue weighted by Gasteiger charge is 2.22. The molecule has 0 saturated carbocycles. The summed E-state index contributed by atoms with van der Waals surface area (Å²) in [5.74, 6) is -0.493. The van der Waals surface area contributed by atoms with E-state index in [9.17, 15) is 14.7 Å². The Morgan fingerprint density at radius 1 is 1.60 bits per heavy atom. The number of nitrogens with zero attached hydrogens (tertiary/aromatic N) is 2. The molecule has 0 spiro atoms. The number of anilines is 1. The molecule has 1 amide bonds. The zero-order chi connectivity index (χ0) is 14.7. The minimum absolute atomic E-state index is 0.0221. The summed E-state index contributed by atoms with van der Waals surface area (Å²) in [5, 5.41) is 15.0. The molecule has 0 radical (unpaired) electrons. The van der Waals surface area contributed by atoms with Gasteiger partial charge in [0.25, 0.3) is 0 Å². The molecule has 0 aliphatic carbocycles. The Bertz CT molecular complexity index is 530. The molecule has 1 fully saturated rings. The highest BCUT2D eigenvalue weighted by molar-refractivity contribution is 5.91. The lowest BCUT2D eigenvalue weighted by Crippen LogP contribution is -2.32. The lowest BCUT2D eigenvalue weighted by atomic mass is 10.2. The summed E-state index contributed by atoms with van der Waals surface area (Å²) in [7, 11) is 0. The van der Waals surface area contributed by atoms with Gasteiger partial charge in [-0.05, 0) is 6.42 Å². The summed E-state index contributed by atoms with van der Waals surface area (Å²) in [4.78, 5) is 30.6. The molecule has 1 aliphatic rings. The zero-order valence-corrected chi connectivity index (χ0v) is 11.5. The Labute approximate surface area is 116 Å². The van der Waals surface area contributed by atoms with Gasteiger partial charge in [-0.25, -0.2) is 14.8 Å². The summed E-state index contributed by atoms with van der Waals surface area (Å²) in [6, 6.07) is 0.0221. The second-order valence-corrected chi connectivity index (χ2v) is 5.13. The van der Waals surface area contributed by atoms with Gasteiger partial charge in [0.2, 0.25) is 5.91 Å². The van der Waals surface area contributed by atoms with Crippen molar-refractivity contribution in [3.05, 3.63) is 17.7 Å². The molecule has 1 aliphatic heterocycles. The molecule has 20 heavy (non-hydrogen) atoms. The first-order valence-corrected chi connectivity index (χ1v) is 6.61. The molecule has 7 heteroatoms. The monoisotopic (exact) mass is 278 g/mol. The van der Waals surface area contributed by atoms with Gasteiger partial charge in [-0.2, -0.15) is 0 Å². The Kier molecular flexibility index (Phi) is 4.16. The highest BCUT2D eigenvalue weighted by Crippen LogP contribution is 2.17. The van der Waals surface area contributed by atoms with E-state index in [1.807, 2.05) is 13.8 Å². The molecule has 0 bridgehead atoms. The third-order valence-corrected chi connectivity index (χ3v) is 3.15. The number of carboxylic acid groups (broad SMARTS) is 1. The number of carbonyl (C=O) groups excluding carboxylic acids is 1. The molecule has 7 nitrogen and oxygen atoms in total. The smallest absolute Gasteiger partial charge is 0.356 e. The predicted molar refractivity (Wildman–Crippen MR) is 72.7 cm³/mol. The van der Waals surface area contributed by atoms with Gasteiger partial charge in [-0.15, -0.1) is 0 Å². The van der Waals surface area contributed by atoms with Crippen molar-refractivity contribution in [2.45, 2.75) is 38.6 Å². The molecule has 1 aromatic rings. The van der Waals surface area contributed by atoms with E-state index in [4.69, 9.17) is 0 Å². The number of carbonyl (C=O) groups is 2. The summed E-state index contributed by atoms with van der Waals surface area (Å²) >= 11 is 0. The van der Waals surface area contributed by atoms with Crippen molar-refractivity contribution in [1.29, 1.82) is 0 Å². The molecule has 1 atom stereocenters. The molecule has 3 N–H and O–H groups in total. The van der Waals surface area contributed by atoms with E-state index in [2.05, 4.69) is 20.6 Å². The first kappa shape index (κ1) is 14.2. The normalized spacial score (nSPS) is 18.1. The molecule has 1 saturated heterocycles. The maximum Gasteiger partial charge on any atom is 0.356 e. The highest BCUT2D eigenvalue weighted by atomic mass is 16.4. The van der Waals surface area contributed by atoms with Crippen molar-refractivity contribution in [3.63, 3.8) is 0 Å². The quantitative estimate of drug-likeness (QED) is 0.742. The minimum Gasteiger partial charge on any atom is -0.476 e. The van der Waals surface area contributed by atoms with Crippen LogP contribution in [0.3, 0.4) is 0 Å². The second-order valence-electron chi connectivity index (χ2n) is 5.13. The molecule has 108 valence electrons. The summed E-state index contributed by atoms with van der Waals surface area (Å²) in [6.07, 6.45) is 2.75. The van der Waals surface area contributed by atoms with Gasteiger partial charge in [0.15, 0.2) is 5.69 Å². The molecule has 2 rings (SSSR count). The van der Waals surface area contributed by atoms with E-state index >= 15 is 0 Å². The average Bonchev–Trinajstić information content (AvgIpc) is 2.81. The van der Waals surface area contributed by atoms with Crippen LogP contribution in [-0.4, -0.2) is 39.5 Å². The van der Waals surface area contributed by atoms with E-state index in [1.165, 1.54) is 6.20 Å². The Morgan fingerprint density at radius 3 is 2.90 bits per heavy atom. The van der Waals surface area contributed by atoms with Crippen molar-refractivity contribution in [2.75, 3.05) is 11.9 Å². The van der Waals surface area contributed by atoms with E-state index in [0.717, 1.165) is 6.42 Å². The van der Waals surface area contributed by atoms with Crippen LogP contribution in [0.25, 0.3) is 0 Å². The summed E-state index contributed by atoms with van der Waals surface area (Å²) in [6.45, 7) is 4.28. The molecular weight excluding hydrogens is 260 g/mol. The number of rotatable bonds is 5. The molecule has 1 unspecified atom stereocenters. The number of hydrogen-bond donors (Lipinski definition) is 3. The lowest BCUT2D eigenvalue weighted by molar-refractivity contribution is -0.119. The lowest BCUT2D eigenvalue weighted by Gasteiger charge is -2.14. The molecular formula is C13H18N4O3. The minimum atomic E-state index is -1.09. The molecule has 2 heterocycles. The second kappa shape index (κ2) is 5.85. The van der Waals surface area contributed by atoms with Gasteiger partial charge in [0, 0.05) is 24.9 Å². The number of aromatic nitrogens is 2. The Morgan fingerprint density at radius 2 is 2.35 bits per heavy atom. The first-order valence-electron chi connectivity index (χ1n) is 6.61. The third kappa shape index (κ3) is 3.23. The predicted octanol–water partition coefficient (Wildman–Crippen LogP) is 0.989. The first-order chi connectivity index (χ1) is 9.47. The fourth-order valence-electron chi connectivity index (χ4n) is 2.03. The van der Waals surface area contributed by atoms with Crippen LogP contribution in [0.5, 0.6) is 0 Å². The topological polar surface area (TPSA) is 104 Å². The van der Waals surface area contributed by atoms with Gasteiger partial charge in [0.1, 0.15) is 5.82 Å². The van der Waals surface area contributed by atoms with Crippen molar-refractivity contribution in [3.8, 4) is 0 Å². The Balaban J connectivity index is 2.10. The van der Waals surface area contributed by atoms with Crippen LogP contribution in [-0.2, 0) is 4.79 Å². The van der Waals surface area contributed by atoms with Crippen molar-refractivity contribution >= 4 is 17.6 Å². The molecule has 0 aromatic carbocycles. The van der Waals surface area contributed by atoms with Gasteiger partial charge in [-0.3, -0.25) is 4.79 Å². The van der Waals surface area contributed by atoms with Crippen molar-refractivity contribution in [2.24, 2.45) is 0 Å². The third-order valence-electron chi connectivity index (χ3n) is 3.15. The van der Waals surface area contributed by atoms with Crippen LogP contribution >= 0.6 is 0 Å². The van der Waals surface area contributed by atoms with Gasteiger partial charge in [0.05, 0.1) is 11.9 Å². The van der Waals surface area contributed by atoms with Crippen LogP contribution in [0.4, 0.5) is 5.69 Å². The molecule has 1 aromatic heterocycles. The summed E-state index contributed by atoms with van der Waals surface area (Å²) < 4.78 is 0. The number of aromatic carboxylic acids is 1.